The molecule has 0 bridgehead atoms. The van der Waals surface area contributed by atoms with E-state index in [-0.39, 0.29) is 5.41 Å². The number of sulfonamides is 1. The fourth-order valence-corrected chi connectivity index (χ4v) is 4.31. The van der Waals surface area contributed by atoms with Crippen LogP contribution in [0.25, 0.3) is 0 Å². The standard InChI is InChI=1S/C13H26N2O2S/c1-13(2)7-3-9-15(11-13)18(16,17)10-4-8-14-12-5-6-12/h12,14H,3-11H2,1-2H3. The zero-order valence-corrected chi connectivity index (χ0v) is 12.4. The van der Waals surface area contributed by atoms with Crippen molar-refractivity contribution < 1.29 is 8.42 Å². The van der Waals surface area contributed by atoms with Gasteiger partial charge in [-0.25, -0.2) is 12.7 Å². The van der Waals surface area contributed by atoms with Gasteiger partial charge in [0.1, 0.15) is 0 Å². The predicted octanol–water partition coefficient (Wildman–Crippen LogP) is 1.58. The number of hydrogen-bond acceptors (Lipinski definition) is 3. The molecule has 0 aromatic rings. The third kappa shape index (κ3) is 4.21. The van der Waals surface area contributed by atoms with Gasteiger partial charge in [-0.3, -0.25) is 0 Å². The zero-order chi connectivity index (χ0) is 13.2. The summed E-state index contributed by atoms with van der Waals surface area (Å²) in [7, 11) is -3.04. The molecule has 2 rings (SSSR count). The van der Waals surface area contributed by atoms with Gasteiger partial charge in [0.2, 0.25) is 10.0 Å². The fraction of sp³-hybridized carbons (Fsp3) is 1.00. The Morgan fingerprint density at radius 1 is 1.33 bits per heavy atom. The Morgan fingerprint density at radius 2 is 2.06 bits per heavy atom. The molecule has 0 amide bonds. The summed E-state index contributed by atoms with van der Waals surface area (Å²) in [6.07, 6.45) is 5.37. The molecule has 106 valence electrons. The molecule has 0 aromatic heterocycles. The van der Waals surface area contributed by atoms with Crippen LogP contribution in [0.1, 0.15) is 46.0 Å². The molecule has 1 aliphatic heterocycles. The molecular formula is C13H26N2O2S. The van der Waals surface area contributed by atoms with Crippen LogP contribution in [-0.4, -0.2) is 44.2 Å². The molecule has 0 spiro atoms. The number of nitrogens with one attached hydrogen (secondary N) is 1. The molecule has 0 radical (unpaired) electrons. The van der Waals surface area contributed by atoms with E-state index >= 15 is 0 Å². The van der Waals surface area contributed by atoms with E-state index < -0.39 is 10.0 Å². The Kier molecular flexibility index (Phi) is 4.34. The van der Waals surface area contributed by atoms with Gasteiger partial charge >= 0.3 is 0 Å². The molecule has 2 fully saturated rings. The van der Waals surface area contributed by atoms with Crippen LogP contribution < -0.4 is 5.32 Å². The minimum atomic E-state index is -3.04. The fourth-order valence-electron chi connectivity index (χ4n) is 2.58. The molecule has 4 nitrogen and oxygen atoms in total. The van der Waals surface area contributed by atoms with Gasteiger partial charge in [-0.2, -0.15) is 0 Å². The van der Waals surface area contributed by atoms with Gasteiger partial charge in [0, 0.05) is 19.1 Å². The molecule has 1 saturated carbocycles. The average molecular weight is 274 g/mol. The van der Waals surface area contributed by atoms with E-state index in [1.165, 1.54) is 12.8 Å². The van der Waals surface area contributed by atoms with Gasteiger partial charge < -0.3 is 5.32 Å². The Labute approximate surface area is 111 Å². The van der Waals surface area contributed by atoms with Crippen molar-refractivity contribution in [1.82, 2.24) is 9.62 Å². The van der Waals surface area contributed by atoms with Crippen molar-refractivity contribution >= 4 is 10.0 Å². The Hall–Kier alpha value is -0.130. The van der Waals surface area contributed by atoms with E-state index in [9.17, 15) is 8.42 Å². The highest BCUT2D eigenvalue weighted by atomic mass is 32.2. The molecule has 18 heavy (non-hydrogen) atoms. The summed E-state index contributed by atoms with van der Waals surface area (Å²) in [5, 5.41) is 3.37. The summed E-state index contributed by atoms with van der Waals surface area (Å²) >= 11 is 0. The van der Waals surface area contributed by atoms with Crippen LogP contribution in [0.5, 0.6) is 0 Å². The van der Waals surface area contributed by atoms with E-state index in [1.54, 1.807) is 4.31 Å². The van der Waals surface area contributed by atoms with Crippen LogP contribution in [0, 0.1) is 5.41 Å². The topological polar surface area (TPSA) is 49.4 Å². The van der Waals surface area contributed by atoms with Crippen molar-refractivity contribution in [3.63, 3.8) is 0 Å². The van der Waals surface area contributed by atoms with Gasteiger partial charge in [0.25, 0.3) is 0 Å². The first kappa shape index (κ1) is 14.3. The number of piperidine rings is 1. The maximum absolute atomic E-state index is 12.2. The molecule has 1 saturated heterocycles. The van der Waals surface area contributed by atoms with Crippen molar-refractivity contribution in [1.29, 1.82) is 0 Å². The molecule has 2 aliphatic rings. The van der Waals surface area contributed by atoms with Crippen LogP contribution in [0.3, 0.4) is 0 Å². The van der Waals surface area contributed by atoms with Gasteiger partial charge in [0.05, 0.1) is 5.75 Å². The van der Waals surface area contributed by atoms with Gasteiger partial charge in [0.15, 0.2) is 0 Å². The maximum Gasteiger partial charge on any atom is 0.214 e. The first-order valence-electron chi connectivity index (χ1n) is 7.10. The first-order valence-corrected chi connectivity index (χ1v) is 8.71. The van der Waals surface area contributed by atoms with Crippen molar-refractivity contribution in [2.45, 2.75) is 52.0 Å². The highest BCUT2D eigenvalue weighted by molar-refractivity contribution is 7.89. The summed E-state index contributed by atoms with van der Waals surface area (Å²) < 4.78 is 26.2. The predicted molar refractivity (Wildman–Crippen MR) is 74.0 cm³/mol. The van der Waals surface area contributed by atoms with Crippen LogP contribution in [0.15, 0.2) is 0 Å². The Bertz CT molecular complexity index is 374. The average Bonchev–Trinajstić information content (AvgIpc) is 3.07. The number of rotatable bonds is 6. The molecule has 0 atom stereocenters. The molecular weight excluding hydrogens is 248 g/mol. The molecule has 1 heterocycles. The van der Waals surface area contributed by atoms with Crippen molar-refractivity contribution in [3.8, 4) is 0 Å². The van der Waals surface area contributed by atoms with Gasteiger partial charge in [-0.15, -0.1) is 0 Å². The second-order valence-electron chi connectivity index (χ2n) is 6.50. The zero-order valence-electron chi connectivity index (χ0n) is 11.6. The van der Waals surface area contributed by atoms with E-state index in [0.717, 1.165) is 25.8 Å². The van der Waals surface area contributed by atoms with E-state index in [4.69, 9.17) is 0 Å². The summed E-state index contributed by atoms with van der Waals surface area (Å²) in [4.78, 5) is 0. The quantitative estimate of drug-likeness (QED) is 0.748. The molecule has 1 aliphatic carbocycles. The van der Waals surface area contributed by atoms with E-state index in [2.05, 4.69) is 19.2 Å². The van der Waals surface area contributed by atoms with E-state index in [1.807, 2.05) is 0 Å². The lowest BCUT2D eigenvalue weighted by Gasteiger charge is -2.37. The summed E-state index contributed by atoms with van der Waals surface area (Å²) in [5.41, 5.74) is 0.136. The summed E-state index contributed by atoms with van der Waals surface area (Å²) in [6.45, 7) is 6.54. The minimum absolute atomic E-state index is 0.136. The lowest BCUT2D eigenvalue weighted by Crippen LogP contribution is -2.44. The minimum Gasteiger partial charge on any atom is -0.314 e. The van der Waals surface area contributed by atoms with Gasteiger partial charge in [-0.1, -0.05) is 13.8 Å². The highest BCUT2D eigenvalue weighted by Gasteiger charge is 2.32. The van der Waals surface area contributed by atoms with Crippen molar-refractivity contribution in [2.24, 2.45) is 5.41 Å². The maximum atomic E-state index is 12.2. The van der Waals surface area contributed by atoms with Crippen molar-refractivity contribution in [2.75, 3.05) is 25.4 Å². The summed E-state index contributed by atoms with van der Waals surface area (Å²) in [6, 6.07) is 0.668. The molecule has 0 unspecified atom stereocenters. The van der Waals surface area contributed by atoms with Crippen LogP contribution in [0.2, 0.25) is 0 Å². The van der Waals surface area contributed by atoms with Crippen molar-refractivity contribution in [3.05, 3.63) is 0 Å². The largest absolute Gasteiger partial charge is 0.314 e. The lowest BCUT2D eigenvalue weighted by molar-refractivity contribution is 0.187. The molecule has 5 heteroatoms. The van der Waals surface area contributed by atoms with Gasteiger partial charge in [-0.05, 0) is 44.1 Å². The van der Waals surface area contributed by atoms with E-state index in [0.29, 0.717) is 24.9 Å². The first-order chi connectivity index (χ1) is 8.39. The highest BCUT2D eigenvalue weighted by Crippen LogP contribution is 2.30. The van der Waals surface area contributed by atoms with Crippen LogP contribution >= 0.6 is 0 Å². The lowest BCUT2D eigenvalue weighted by atomic mass is 9.85. The second-order valence-corrected chi connectivity index (χ2v) is 8.59. The van der Waals surface area contributed by atoms with Crippen LogP contribution in [0.4, 0.5) is 0 Å². The number of hydrogen-bond donors (Lipinski definition) is 1. The Balaban J connectivity index is 1.77. The number of nitrogens with zero attached hydrogens (tertiary/aromatic N) is 1. The third-order valence-corrected chi connectivity index (χ3v) is 5.75. The normalized spacial score (nSPS) is 25.2. The third-order valence-electron chi connectivity index (χ3n) is 3.85. The molecule has 0 aromatic carbocycles. The summed E-state index contributed by atoms with van der Waals surface area (Å²) in [5.74, 6) is 0.294. The SMILES string of the molecule is CC1(C)CCCN(S(=O)(=O)CCCNC2CC2)C1. The molecule has 1 N–H and O–H groups in total. The Morgan fingerprint density at radius 3 is 2.67 bits per heavy atom. The second kappa shape index (κ2) is 5.47. The monoisotopic (exact) mass is 274 g/mol. The van der Waals surface area contributed by atoms with Crippen LogP contribution in [-0.2, 0) is 10.0 Å². The smallest absolute Gasteiger partial charge is 0.214 e.